The number of pyridine rings is 1. The van der Waals surface area contributed by atoms with Crippen LogP contribution in [0.2, 0.25) is 0 Å². The SMILES string of the molecule is Cc1ccc(-c2cc(-c3ccc(-n4c5ccccc5c5ccccc54)cc3)cc(-c3ccc(C)cc3)n2)cc1.[HH]. The summed E-state index contributed by atoms with van der Waals surface area (Å²) in [5.74, 6) is 0. The Kier molecular flexibility index (Phi) is 5.60. The summed E-state index contributed by atoms with van der Waals surface area (Å²) in [5.41, 5.74) is 12.6. The molecule has 0 spiro atoms. The van der Waals surface area contributed by atoms with Crippen molar-refractivity contribution in [3.63, 3.8) is 0 Å². The second-order valence-corrected chi connectivity index (χ2v) is 10.3. The first-order valence-corrected chi connectivity index (χ1v) is 13.4. The molecular formula is C37H30N2. The molecule has 2 heteroatoms. The molecule has 7 aromatic rings. The summed E-state index contributed by atoms with van der Waals surface area (Å²) in [5, 5.41) is 2.55. The average Bonchev–Trinajstić information content (AvgIpc) is 3.32. The minimum Gasteiger partial charge on any atom is -0.309 e. The van der Waals surface area contributed by atoms with E-state index in [4.69, 9.17) is 4.98 Å². The number of aryl methyl sites for hydroxylation is 2. The van der Waals surface area contributed by atoms with Crippen molar-refractivity contribution in [2.45, 2.75) is 13.8 Å². The molecule has 0 bridgehead atoms. The van der Waals surface area contributed by atoms with Gasteiger partial charge in [0.15, 0.2) is 0 Å². The Morgan fingerprint density at radius 1 is 0.462 bits per heavy atom. The van der Waals surface area contributed by atoms with Gasteiger partial charge in [0.1, 0.15) is 0 Å². The highest BCUT2D eigenvalue weighted by molar-refractivity contribution is 6.09. The number of benzene rings is 5. The van der Waals surface area contributed by atoms with Crippen LogP contribution in [0.1, 0.15) is 12.6 Å². The highest BCUT2D eigenvalue weighted by atomic mass is 15.0. The molecule has 2 nitrogen and oxygen atoms in total. The third-order valence-electron chi connectivity index (χ3n) is 7.56. The van der Waals surface area contributed by atoms with Crippen LogP contribution in [0, 0.1) is 13.8 Å². The Bertz CT molecular complexity index is 1830. The van der Waals surface area contributed by atoms with Gasteiger partial charge in [0.2, 0.25) is 0 Å². The summed E-state index contributed by atoms with van der Waals surface area (Å²) in [4.78, 5) is 5.08. The van der Waals surface area contributed by atoms with Gasteiger partial charge in [-0.05, 0) is 61.4 Å². The van der Waals surface area contributed by atoms with Crippen LogP contribution >= 0.6 is 0 Å². The Labute approximate surface area is 230 Å². The van der Waals surface area contributed by atoms with E-state index in [9.17, 15) is 0 Å². The lowest BCUT2D eigenvalue weighted by atomic mass is 9.99. The number of para-hydroxylation sites is 2. The molecule has 0 aliphatic heterocycles. The molecule has 0 aliphatic rings. The van der Waals surface area contributed by atoms with Gasteiger partial charge in [0.05, 0.1) is 22.4 Å². The standard InChI is InChI=1S/C37H28N2.H2/c1-25-11-15-28(16-12-25)34-23-30(24-35(38-34)29-17-13-26(2)14-18-29)27-19-21-31(22-20-27)39-36-9-5-3-7-32(36)33-8-4-6-10-37(33)39;/h3-24H,1-2H3;1H. The Morgan fingerprint density at radius 2 is 0.897 bits per heavy atom. The van der Waals surface area contributed by atoms with E-state index in [1.54, 1.807) is 0 Å². The molecule has 0 saturated carbocycles. The van der Waals surface area contributed by atoms with Gasteiger partial charge in [-0.25, -0.2) is 4.98 Å². The second kappa shape index (κ2) is 9.41. The Balaban J connectivity index is 0.00000289. The topological polar surface area (TPSA) is 17.8 Å². The first kappa shape index (κ1) is 23.2. The summed E-state index contributed by atoms with van der Waals surface area (Å²) in [6.07, 6.45) is 0. The van der Waals surface area contributed by atoms with Crippen molar-refractivity contribution in [2.24, 2.45) is 0 Å². The van der Waals surface area contributed by atoms with Gasteiger partial charge in [-0.15, -0.1) is 0 Å². The van der Waals surface area contributed by atoms with Crippen LogP contribution in [0.15, 0.2) is 133 Å². The molecule has 39 heavy (non-hydrogen) atoms. The van der Waals surface area contributed by atoms with Crippen molar-refractivity contribution in [3.05, 3.63) is 145 Å². The first-order valence-electron chi connectivity index (χ1n) is 13.4. The van der Waals surface area contributed by atoms with Crippen LogP contribution in [-0.4, -0.2) is 9.55 Å². The molecule has 0 atom stereocenters. The van der Waals surface area contributed by atoms with Crippen molar-refractivity contribution in [2.75, 3.05) is 0 Å². The Morgan fingerprint density at radius 3 is 1.38 bits per heavy atom. The van der Waals surface area contributed by atoms with E-state index in [2.05, 4.69) is 152 Å². The van der Waals surface area contributed by atoms with E-state index in [1.807, 2.05) is 0 Å². The first-order chi connectivity index (χ1) is 19.1. The lowest BCUT2D eigenvalue weighted by molar-refractivity contribution is 1.18. The molecule has 0 fully saturated rings. The summed E-state index contributed by atoms with van der Waals surface area (Å²) in [6.45, 7) is 4.23. The third-order valence-corrected chi connectivity index (χ3v) is 7.56. The molecule has 0 radical (unpaired) electrons. The molecular weight excluding hydrogens is 472 g/mol. The minimum absolute atomic E-state index is 0. The van der Waals surface area contributed by atoms with Crippen molar-refractivity contribution in [1.29, 1.82) is 0 Å². The average molecular weight is 503 g/mol. The van der Waals surface area contributed by atoms with Gasteiger partial charge in [-0.1, -0.05) is 108 Å². The summed E-state index contributed by atoms with van der Waals surface area (Å²) in [7, 11) is 0. The Hall–Kier alpha value is -4.95. The van der Waals surface area contributed by atoms with Crippen LogP contribution in [0.25, 0.3) is 61.1 Å². The molecule has 7 rings (SSSR count). The van der Waals surface area contributed by atoms with Gasteiger partial charge in [-0.2, -0.15) is 0 Å². The van der Waals surface area contributed by atoms with Gasteiger partial charge < -0.3 is 4.57 Å². The van der Waals surface area contributed by atoms with Crippen molar-refractivity contribution in [3.8, 4) is 39.3 Å². The number of fused-ring (bicyclic) bond motifs is 3. The van der Waals surface area contributed by atoms with Crippen molar-refractivity contribution < 1.29 is 1.43 Å². The zero-order chi connectivity index (χ0) is 26.3. The molecule has 0 saturated heterocycles. The summed E-state index contributed by atoms with van der Waals surface area (Å²) >= 11 is 0. The highest BCUT2D eigenvalue weighted by Gasteiger charge is 2.13. The molecule has 2 heterocycles. The maximum atomic E-state index is 5.08. The number of nitrogens with zero attached hydrogens (tertiary/aromatic N) is 2. The fraction of sp³-hybridized carbons (Fsp3) is 0.0541. The minimum atomic E-state index is 0. The molecule has 5 aromatic carbocycles. The van der Waals surface area contributed by atoms with E-state index in [-0.39, 0.29) is 1.43 Å². The second-order valence-electron chi connectivity index (χ2n) is 10.3. The van der Waals surface area contributed by atoms with E-state index in [1.165, 1.54) is 38.5 Å². The van der Waals surface area contributed by atoms with Gasteiger partial charge >= 0.3 is 0 Å². The largest absolute Gasteiger partial charge is 0.309 e. The van der Waals surface area contributed by atoms with E-state index in [0.717, 1.165) is 33.8 Å². The van der Waals surface area contributed by atoms with Crippen LogP contribution < -0.4 is 0 Å². The van der Waals surface area contributed by atoms with Crippen molar-refractivity contribution >= 4 is 21.8 Å². The quantitative estimate of drug-likeness (QED) is 0.234. The predicted octanol–water partition coefficient (Wildman–Crippen LogP) is 10.0. The fourth-order valence-electron chi connectivity index (χ4n) is 5.45. The van der Waals surface area contributed by atoms with Crippen LogP contribution in [0.4, 0.5) is 0 Å². The van der Waals surface area contributed by atoms with Crippen LogP contribution in [-0.2, 0) is 0 Å². The number of hydrogen-bond acceptors (Lipinski definition) is 1. The normalized spacial score (nSPS) is 11.3. The fourth-order valence-corrected chi connectivity index (χ4v) is 5.45. The lowest BCUT2D eigenvalue weighted by Gasteiger charge is -2.12. The zero-order valence-corrected chi connectivity index (χ0v) is 22.1. The molecule has 0 amide bonds. The van der Waals surface area contributed by atoms with E-state index < -0.39 is 0 Å². The van der Waals surface area contributed by atoms with Crippen LogP contribution in [0.3, 0.4) is 0 Å². The molecule has 188 valence electrons. The van der Waals surface area contributed by atoms with E-state index in [0.29, 0.717) is 0 Å². The predicted molar refractivity (Wildman–Crippen MR) is 166 cm³/mol. The molecule has 0 aliphatic carbocycles. The van der Waals surface area contributed by atoms with Gasteiger partial charge in [0, 0.05) is 29.0 Å². The maximum Gasteiger partial charge on any atom is 0.0715 e. The lowest BCUT2D eigenvalue weighted by Crippen LogP contribution is -1.94. The molecule has 2 aromatic heterocycles. The van der Waals surface area contributed by atoms with Crippen LogP contribution in [0.5, 0.6) is 0 Å². The summed E-state index contributed by atoms with van der Waals surface area (Å²) in [6, 6.07) is 47.8. The number of hydrogen-bond donors (Lipinski definition) is 0. The molecule has 0 N–H and O–H groups in total. The van der Waals surface area contributed by atoms with Gasteiger partial charge in [0.25, 0.3) is 0 Å². The number of rotatable bonds is 4. The zero-order valence-electron chi connectivity index (χ0n) is 22.1. The van der Waals surface area contributed by atoms with Crippen molar-refractivity contribution in [1.82, 2.24) is 9.55 Å². The number of aromatic nitrogens is 2. The van der Waals surface area contributed by atoms with Gasteiger partial charge in [-0.3, -0.25) is 0 Å². The smallest absolute Gasteiger partial charge is 0.0715 e. The highest BCUT2D eigenvalue weighted by Crippen LogP contribution is 2.34. The van der Waals surface area contributed by atoms with E-state index >= 15 is 0 Å². The maximum absolute atomic E-state index is 5.08. The monoisotopic (exact) mass is 502 g/mol. The third kappa shape index (κ3) is 4.20. The molecule has 0 unspecified atom stereocenters. The summed E-state index contributed by atoms with van der Waals surface area (Å²) < 4.78 is 2.36.